The van der Waals surface area contributed by atoms with Crippen LogP contribution in [0, 0.1) is 20.8 Å². The minimum Gasteiger partial charge on any atom is -0.311 e. The molecule has 39 heavy (non-hydrogen) atoms. The summed E-state index contributed by atoms with van der Waals surface area (Å²) in [7, 11) is 0. The van der Waals surface area contributed by atoms with E-state index >= 15 is 0 Å². The number of hydrogen-bond acceptors (Lipinski definition) is 3. The first-order valence-electron chi connectivity index (χ1n) is 13.6. The van der Waals surface area contributed by atoms with Crippen molar-refractivity contribution in [2.45, 2.75) is 20.8 Å². The van der Waals surface area contributed by atoms with Gasteiger partial charge in [0, 0.05) is 43.3 Å². The van der Waals surface area contributed by atoms with Crippen LogP contribution in [-0.4, -0.2) is 6.71 Å². The van der Waals surface area contributed by atoms with Gasteiger partial charge in [-0.25, -0.2) is 0 Å². The van der Waals surface area contributed by atoms with Crippen molar-refractivity contribution >= 4 is 78.0 Å². The Labute approximate surface area is 233 Å². The van der Waals surface area contributed by atoms with Crippen LogP contribution in [-0.2, 0) is 0 Å². The molecule has 0 saturated heterocycles. The molecule has 0 N–H and O–H groups in total. The Balaban J connectivity index is 1.49. The molecule has 2 aliphatic heterocycles. The first-order valence-corrected chi connectivity index (χ1v) is 14.4. The molecule has 0 aliphatic carbocycles. The fourth-order valence-electron chi connectivity index (χ4n) is 6.41. The van der Waals surface area contributed by atoms with Gasteiger partial charge in [-0.1, -0.05) is 71.8 Å². The smallest absolute Gasteiger partial charge is 0.264 e. The summed E-state index contributed by atoms with van der Waals surface area (Å²) in [5, 5.41) is 1.32. The maximum Gasteiger partial charge on any atom is 0.264 e. The van der Waals surface area contributed by atoms with Crippen molar-refractivity contribution in [2.24, 2.45) is 0 Å². The number of anilines is 6. The van der Waals surface area contributed by atoms with Crippen LogP contribution in [0.5, 0.6) is 0 Å². The molecule has 0 spiro atoms. The Kier molecular flexibility index (Phi) is 4.86. The highest BCUT2D eigenvalue weighted by Crippen LogP contribution is 2.47. The van der Waals surface area contributed by atoms with Gasteiger partial charge in [0.05, 0.1) is 5.69 Å². The van der Waals surface area contributed by atoms with E-state index in [9.17, 15) is 0 Å². The second-order valence-corrected chi connectivity index (χ2v) is 11.9. The number of fused-ring (bicyclic) bond motifs is 6. The van der Waals surface area contributed by atoms with Crippen LogP contribution in [0.3, 0.4) is 0 Å². The van der Waals surface area contributed by atoms with Crippen LogP contribution < -0.4 is 25.5 Å². The van der Waals surface area contributed by atoms with E-state index in [0.29, 0.717) is 0 Å². The standard InChI is InChI=1S/C35H27BN2S/c1-22-11-16-25(17-12-22)37-29-8-6-9-30-33(29)36(28-20-15-24(3)21-31(28)37)35-34(27-7-4-5-10-32(27)39-35)38(30)26-18-13-23(2)14-19-26/h4-21H,1-3H3. The van der Waals surface area contributed by atoms with Gasteiger partial charge in [0.2, 0.25) is 0 Å². The molecule has 8 rings (SSSR count). The highest BCUT2D eigenvalue weighted by atomic mass is 32.1. The molecule has 0 saturated carbocycles. The Hall–Kier alpha value is -4.28. The van der Waals surface area contributed by atoms with Crippen molar-refractivity contribution < 1.29 is 0 Å². The lowest BCUT2D eigenvalue weighted by Gasteiger charge is -2.43. The second kappa shape index (κ2) is 8.36. The third-order valence-electron chi connectivity index (χ3n) is 8.23. The van der Waals surface area contributed by atoms with E-state index in [0.717, 1.165) is 0 Å². The molecule has 2 nitrogen and oxygen atoms in total. The summed E-state index contributed by atoms with van der Waals surface area (Å²) in [6.45, 7) is 6.69. The third-order valence-corrected chi connectivity index (χ3v) is 9.46. The van der Waals surface area contributed by atoms with E-state index < -0.39 is 0 Å². The lowest BCUT2D eigenvalue weighted by atomic mass is 9.36. The van der Waals surface area contributed by atoms with Crippen molar-refractivity contribution in [3.63, 3.8) is 0 Å². The van der Waals surface area contributed by atoms with Crippen LogP contribution in [0.1, 0.15) is 16.7 Å². The number of thiophene rings is 1. The molecule has 1 aromatic heterocycles. The van der Waals surface area contributed by atoms with Gasteiger partial charge in [0.1, 0.15) is 0 Å². The summed E-state index contributed by atoms with van der Waals surface area (Å²) in [6.07, 6.45) is 0. The molecular weight excluding hydrogens is 491 g/mol. The normalized spacial score (nSPS) is 13.4. The van der Waals surface area contributed by atoms with Crippen LogP contribution in [0.4, 0.5) is 34.1 Å². The van der Waals surface area contributed by atoms with E-state index in [4.69, 9.17) is 0 Å². The summed E-state index contributed by atoms with van der Waals surface area (Å²) >= 11 is 1.95. The molecular formula is C35H27BN2S. The van der Waals surface area contributed by atoms with E-state index in [-0.39, 0.29) is 6.71 Å². The van der Waals surface area contributed by atoms with Gasteiger partial charge in [0.15, 0.2) is 0 Å². The molecule has 0 radical (unpaired) electrons. The average Bonchev–Trinajstić information content (AvgIpc) is 3.33. The van der Waals surface area contributed by atoms with Crippen LogP contribution in [0.15, 0.2) is 109 Å². The van der Waals surface area contributed by atoms with E-state index in [1.807, 2.05) is 11.3 Å². The number of hydrogen-bond donors (Lipinski definition) is 0. The molecule has 0 amide bonds. The number of rotatable bonds is 2. The number of aryl methyl sites for hydroxylation is 3. The molecule has 0 unspecified atom stereocenters. The minimum absolute atomic E-state index is 0.183. The zero-order valence-electron chi connectivity index (χ0n) is 22.3. The third kappa shape index (κ3) is 3.28. The fourth-order valence-corrected chi connectivity index (χ4v) is 7.73. The van der Waals surface area contributed by atoms with Crippen molar-refractivity contribution in [1.82, 2.24) is 0 Å². The maximum atomic E-state index is 2.51. The zero-order valence-corrected chi connectivity index (χ0v) is 23.1. The quantitative estimate of drug-likeness (QED) is 0.215. The first-order chi connectivity index (χ1) is 19.1. The second-order valence-electron chi connectivity index (χ2n) is 10.9. The molecule has 0 bridgehead atoms. The topological polar surface area (TPSA) is 6.48 Å². The van der Waals surface area contributed by atoms with E-state index in [2.05, 4.69) is 140 Å². The Morgan fingerprint density at radius 3 is 1.90 bits per heavy atom. The van der Waals surface area contributed by atoms with Gasteiger partial charge >= 0.3 is 0 Å². The summed E-state index contributed by atoms with van der Waals surface area (Å²) in [4.78, 5) is 4.98. The molecule has 2 aliphatic rings. The van der Waals surface area contributed by atoms with Gasteiger partial charge in [-0.3, -0.25) is 0 Å². The maximum absolute atomic E-state index is 2.51. The van der Waals surface area contributed by atoms with Gasteiger partial charge in [0.25, 0.3) is 6.71 Å². The molecule has 0 atom stereocenters. The zero-order chi connectivity index (χ0) is 26.2. The lowest BCUT2D eigenvalue weighted by Crippen LogP contribution is -2.60. The number of benzene rings is 5. The van der Waals surface area contributed by atoms with Crippen LogP contribution in [0.25, 0.3) is 10.1 Å². The van der Waals surface area contributed by atoms with Gasteiger partial charge in [-0.15, -0.1) is 11.3 Å². The molecule has 186 valence electrons. The highest BCUT2D eigenvalue weighted by Gasteiger charge is 2.44. The lowest BCUT2D eigenvalue weighted by molar-refractivity contribution is 1.25. The molecule has 4 heteroatoms. The monoisotopic (exact) mass is 518 g/mol. The predicted octanol–water partition coefficient (Wildman–Crippen LogP) is 7.91. The van der Waals surface area contributed by atoms with Crippen molar-refractivity contribution in [1.29, 1.82) is 0 Å². The Morgan fingerprint density at radius 1 is 0.564 bits per heavy atom. The fraction of sp³-hybridized carbons (Fsp3) is 0.0857. The predicted molar refractivity (Wildman–Crippen MR) is 170 cm³/mol. The summed E-state index contributed by atoms with van der Waals surface area (Å²) < 4.78 is 2.76. The summed E-state index contributed by atoms with van der Waals surface area (Å²) in [6, 6.07) is 40.7. The Bertz CT molecular complexity index is 1900. The van der Waals surface area contributed by atoms with Gasteiger partial charge in [-0.2, -0.15) is 0 Å². The highest BCUT2D eigenvalue weighted by molar-refractivity contribution is 7.33. The average molecular weight is 518 g/mol. The van der Waals surface area contributed by atoms with Crippen molar-refractivity contribution in [2.75, 3.05) is 9.80 Å². The summed E-state index contributed by atoms with van der Waals surface area (Å²) in [5.41, 5.74) is 14.1. The van der Waals surface area contributed by atoms with E-state index in [1.165, 1.54) is 76.6 Å². The molecule has 3 heterocycles. The molecule has 0 fully saturated rings. The molecule has 5 aromatic carbocycles. The van der Waals surface area contributed by atoms with Crippen molar-refractivity contribution in [3.8, 4) is 0 Å². The van der Waals surface area contributed by atoms with Crippen LogP contribution in [0.2, 0.25) is 0 Å². The van der Waals surface area contributed by atoms with Crippen molar-refractivity contribution in [3.05, 3.63) is 126 Å². The van der Waals surface area contributed by atoms with Gasteiger partial charge < -0.3 is 9.80 Å². The summed E-state index contributed by atoms with van der Waals surface area (Å²) in [5.74, 6) is 0. The van der Waals surface area contributed by atoms with Gasteiger partial charge in [-0.05, 0) is 85.8 Å². The minimum atomic E-state index is 0.183. The Morgan fingerprint density at radius 2 is 1.18 bits per heavy atom. The molecule has 6 aromatic rings. The SMILES string of the molecule is Cc1ccc(N2c3cc(C)ccc3B3c4sc5ccccc5c4N(c4ccc(C)cc4)c4cccc2c43)cc1. The first kappa shape index (κ1) is 22.7. The van der Waals surface area contributed by atoms with Crippen LogP contribution >= 0.6 is 11.3 Å². The van der Waals surface area contributed by atoms with E-state index in [1.54, 1.807) is 0 Å². The largest absolute Gasteiger partial charge is 0.311 e. The number of nitrogens with zero attached hydrogens (tertiary/aromatic N) is 2.